The molecule has 2 atom stereocenters. The molecule has 0 saturated carbocycles. The van der Waals surface area contributed by atoms with E-state index in [4.69, 9.17) is 22.3 Å². The summed E-state index contributed by atoms with van der Waals surface area (Å²) in [5.41, 5.74) is 6.71. The Bertz CT molecular complexity index is 797. The van der Waals surface area contributed by atoms with Gasteiger partial charge in [0.05, 0.1) is 13.0 Å². The van der Waals surface area contributed by atoms with E-state index in [9.17, 15) is 14.4 Å². The zero-order valence-corrected chi connectivity index (χ0v) is 15.7. The second-order valence-electron chi connectivity index (χ2n) is 6.44. The van der Waals surface area contributed by atoms with E-state index < -0.39 is 17.9 Å². The number of amides is 2. The predicted molar refractivity (Wildman–Crippen MR) is 105 cm³/mol. The molecule has 4 N–H and O–H groups in total. The molecule has 1 aromatic carbocycles. The van der Waals surface area contributed by atoms with Crippen LogP contribution >= 0.6 is 0 Å². The lowest BCUT2D eigenvalue weighted by Gasteiger charge is -2.18. The summed E-state index contributed by atoms with van der Waals surface area (Å²) in [6.45, 7) is 2.42. The number of carbonyl (C=O) groups is 3. The first-order valence-electron chi connectivity index (χ1n) is 9.02. The van der Waals surface area contributed by atoms with E-state index >= 15 is 0 Å². The summed E-state index contributed by atoms with van der Waals surface area (Å²) < 4.78 is 4.82. The van der Waals surface area contributed by atoms with Crippen LogP contribution in [0.25, 0.3) is 0 Å². The number of hydrogen-bond donors (Lipinski definition) is 3. The molecule has 0 bridgehead atoms. The summed E-state index contributed by atoms with van der Waals surface area (Å²) in [6.07, 6.45) is 5.80. The van der Waals surface area contributed by atoms with Gasteiger partial charge in [-0.05, 0) is 37.6 Å². The Balaban J connectivity index is 1.92. The highest BCUT2D eigenvalue weighted by Crippen LogP contribution is 2.27. The van der Waals surface area contributed by atoms with Crippen molar-refractivity contribution in [1.82, 2.24) is 5.32 Å². The summed E-state index contributed by atoms with van der Waals surface area (Å²) in [5.74, 6) is 0.855. The quantitative estimate of drug-likeness (QED) is 0.264. The van der Waals surface area contributed by atoms with E-state index in [2.05, 4.69) is 11.2 Å². The first-order valence-corrected chi connectivity index (χ1v) is 9.02. The highest BCUT2D eigenvalue weighted by molar-refractivity contribution is 6.00. The molecule has 1 aliphatic rings. The molecular formula is C20H24N4O4. The number of terminal acetylenes is 1. The lowest BCUT2D eigenvalue weighted by molar-refractivity contribution is -0.143. The monoisotopic (exact) mass is 384 g/mol. The molecule has 2 amide bonds. The summed E-state index contributed by atoms with van der Waals surface area (Å²) in [5, 5.41) is 10.0. The van der Waals surface area contributed by atoms with Gasteiger partial charge in [-0.2, -0.15) is 0 Å². The second-order valence-corrected chi connectivity index (χ2v) is 6.44. The molecule has 1 saturated heterocycles. The maximum absolute atomic E-state index is 12.6. The molecule has 28 heavy (non-hydrogen) atoms. The number of nitrogens with zero attached hydrogens (tertiary/aromatic N) is 1. The van der Waals surface area contributed by atoms with Crippen molar-refractivity contribution in [2.75, 3.05) is 18.1 Å². The minimum absolute atomic E-state index is 0.00185. The van der Waals surface area contributed by atoms with Crippen LogP contribution in [0.15, 0.2) is 24.3 Å². The third-order valence-electron chi connectivity index (χ3n) is 4.45. The second kappa shape index (κ2) is 9.55. The van der Waals surface area contributed by atoms with Gasteiger partial charge in [-0.25, -0.2) is 0 Å². The topological polar surface area (TPSA) is 126 Å². The first kappa shape index (κ1) is 21.0. The molecule has 2 rings (SSSR count). The van der Waals surface area contributed by atoms with Crippen molar-refractivity contribution in [2.24, 2.45) is 11.7 Å². The molecule has 2 unspecified atom stereocenters. The Hall–Kier alpha value is -3.34. The van der Waals surface area contributed by atoms with Crippen LogP contribution in [0, 0.1) is 23.7 Å². The van der Waals surface area contributed by atoms with E-state index in [0.717, 1.165) is 0 Å². The van der Waals surface area contributed by atoms with Gasteiger partial charge in [-0.15, -0.1) is 6.42 Å². The third kappa shape index (κ3) is 5.33. The molecule has 1 fully saturated rings. The van der Waals surface area contributed by atoms with Gasteiger partial charge >= 0.3 is 5.97 Å². The van der Waals surface area contributed by atoms with Crippen molar-refractivity contribution in [3.63, 3.8) is 0 Å². The molecule has 148 valence electrons. The van der Waals surface area contributed by atoms with Crippen LogP contribution in [-0.2, 0) is 19.1 Å². The Labute approximate surface area is 163 Å². The van der Waals surface area contributed by atoms with Crippen molar-refractivity contribution in [3.05, 3.63) is 29.8 Å². The molecule has 0 aromatic heterocycles. The first-order chi connectivity index (χ1) is 13.3. The molecule has 1 heterocycles. The number of benzene rings is 1. The largest absolute Gasteiger partial charge is 0.466 e. The zero-order chi connectivity index (χ0) is 20.7. The minimum Gasteiger partial charge on any atom is -0.466 e. The van der Waals surface area contributed by atoms with Crippen LogP contribution in [-0.4, -0.2) is 42.8 Å². The van der Waals surface area contributed by atoms with Crippen LogP contribution in [0.4, 0.5) is 5.69 Å². The highest BCUT2D eigenvalue weighted by Gasteiger charge is 2.34. The van der Waals surface area contributed by atoms with Crippen molar-refractivity contribution < 1.29 is 19.1 Å². The molecule has 0 spiro atoms. The van der Waals surface area contributed by atoms with Gasteiger partial charge in [0, 0.05) is 30.1 Å². The fourth-order valence-corrected chi connectivity index (χ4v) is 3.02. The van der Waals surface area contributed by atoms with Crippen LogP contribution in [0.1, 0.15) is 31.7 Å². The van der Waals surface area contributed by atoms with Crippen molar-refractivity contribution >= 4 is 29.3 Å². The van der Waals surface area contributed by atoms with Crippen LogP contribution in [0.3, 0.4) is 0 Å². The highest BCUT2D eigenvalue weighted by atomic mass is 16.5. The maximum Gasteiger partial charge on any atom is 0.308 e. The SMILES string of the molecule is C#CC(CC(=O)OCC)NC(=O)CC1CCN(c2ccc(C(=N)N)cc2)C1=O. The number of nitrogens with one attached hydrogen (secondary N) is 2. The van der Waals surface area contributed by atoms with E-state index in [0.29, 0.717) is 24.2 Å². The Morgan fingerprint density at radius 2 is 2.11 bits per heavy atom. The summed E-state index contributed by atoms with van der Waals surface area (Å²) in [6, 6.07) is 6.05. The number of ether oxygens (including phenoxy) is 1. The molecule has 8 heteroatoms. The van der Waals surface area contributed by atoms with Gasteiger partial charge in [0.1, 0.15) is 11.9 Å². The van der Waals surface area contributed by atoms with Crippen molar-refractivity contribution in [3.8, 4) is 12.3 Å². The smallest absolute Gasteiger partial charge is 0.308 e. The number of amidine groups is 1. The Morgan fingerprint density at radius 3 is 2.68 bits per heavy atom. The van der Waals surface area contributed by atoms with Crippen molar-refractivity contribution in [2.45, 2.75) is 32.2 Å². The standard InChI is InChI=1S/C20H24N4O4/c1-3-15(12-18(26)28-4-2)23-17(25)11-14-9-10-24(20(14)27)16-7-5-13(6-8-16)19(21)22/h1,5-8,14-15H,4,9-12H2,2H3,(H3,21,22)(H,23,25). The lowest BCUT2D eigenvalue weighted by atomic mass is 10.0. The fourth-order valence-electron chi connectivity index (χ4n) is 3.02. The lowest BCUT2D eigenvalue weighted by Crippen LogP contribution is -2.37. The molecule has 1 aliphatic heterocycles. The number of nitrogens with two attached hydrogens (primary N) is 1. The van der Waals surface area contributed by atoms with Gasteiger partial charge in [0.15, 0.2) is 0 Å². The van der Waals surface area contributed by atoms with Gasteiger partial charge in [-0.3, -0.25) is 19.8 Å². The van der Waals surface area contributed by atoms with Gasteiger partial charge in [-0.1, -0.05) is 5.92 Å². The van der Waals surface area contributed by atoms with Crippen LogP contribution < -0.4 is 16.0 Å². The van der Waals surface area contributed by atoms with Gasteiger partial charge < -0.3 is 20.7 Å². The van der Waals surface area contributed by atoms with E-state index in [1.165, 1.54) is 0 Å². The molecule has 0 radical (unpaired) electrons. The summed E-state index contributed by atoms with van der Waals surface area (Å²) >= 11 is 0. The third-order valence-corrected chi connectivity index (χ3v) is 4.45. The molecule has 0 aliphatic carbocycles. The number of esters is 1. The number of carbonyl (C=O) groups excluding carboxylic acids is 3. The maximum atomic E-state index is 12.6. The molecule has 8 nitrogen and oxygen atoms in total. The van der Waals surface area contributed by atoms with Crippen LogP contribution in [0.5, 0.6) is 0 Å². The number of hydrogen-bond acceptors (Lipinski definition) is 5. The van der Waals surface area contributed by atoms with Crippen molar-refractivity contribution in [1.29, 1.82) is 5.41 Å². The Morgan fingerprint density at radius 1 is 1.43 bits per heavy atom. The molecular weight excluding hydrogens is 360 g/mol. The zero-order valence-electron chi connectivity index (χ0n) is 15.7. The fraction of sp³-hybridized carbons (Fsp3) is 0.400. The average molecular weight is 384 g/mol. The molecule has 1 aromatic rings. The number of rotatable bonds is 8. The number of nitrogen functional groups attached to an aromatic ring is 1. The van der Waals surface area contributed by atoms with E-state index in [1.807, 2.05) is 0 Å². The number of anilines is 1. The van der Waals surface area contributed by atoms with Gasteiger partial charge in [0.2, 0.25) is 11.8 Å². The van der Waals surface area contributed by atoms with E-state index in [1.54, 1.807) is 36.1 Å². The normalized spacial score (nSPS) is 16.9. The van der Waals surface area contributed by atoms with Crippen LogP contribution in [0.2, 0.25) is 0 Å². The summed E-state index contributed by atoms with van der Waals surface area (Å²) in [4.78, 5) is 38.0. The Kier molecular flexibility index (Phi) is 7.15. The predicted octanol–water partition coefficient (Wildman–Crippen LogP) is 0.785. The van der Waals surface area contributed by atoms with E-state index in [-0.39, 0.29) is 37.1 Å². The van der Waals surface area contributed by atoms with Gasteiger partial charge in [0.25, 0.3) is 0 Å². The minimum atomic E-state index is -0.765. The average Bonchev–Trinajstić information content (AvgIpc) is 3.01. The summed E-state index contributed by atoms with van der Waals surface area (Å²) in [7, 11) is 0.